The van der Waals surface area contributed by atoms with Gasteiger partial charge in [-0.3, -0.25) is 0 Å². The molecule has 2 aliphatic heterocycles. The van der Waals surface area contributed by atoms with Gasteiger partial charge in [0.05, 0.1) is 18.1 Å². The Morgan fingerprint density at radius 3 is 2.44 bits per heavy atom. The number of allylic oxidation sites excluding steroid dienone is 3. The number of thiophene rings is 2. The summed E-state index contributed by atoms with van der Waals surface area (Å²) in [6, 6.07) is 7.05. The smallest absolute Gasteiger partial charge is 0.188 e. The van der Waals surface area contributed by atoms with E-state index >= 15 is 0 Å². The largest absolute Gasteiger partial charge is 0.346 e. The van der Waals surface area contributed by atoms with Crippen LogP contribution < -0.4 is 0 Å². The molecule has 0 aromatic carbocycles. The first-order valence-corrected chi connectivity index (χ1v) is 14.1. The molecule has 2 saturated carbocycles. The molecule has 2 nitrogen and oxygen atoms in total. The third kappa shape index (κ3) is 4.11. The third-order valence-corrected chi connectivity index (χ3v) is 10.6. The summed E-state index contributed by atoms with van der Waals surface area (Å²) < 4.78 is 11.9. The van der Waals surface area contributed by atoms with E-state index in [9.17, 15) is 0 Å². The highest BCUT2D eigenvalue weighted by Crippen LogP contribution is 2.47. The normalized spacial score (nSPS) is 23.7. The van der Waals surface area contributed by atoms with Crippen LogP contribution in [-0.2, 0) is 9.47 Å². The highest BCUT2D eigenvalue weighted by atomic mass is 32.1. The first-order valence-electron chi connectivity index (χ1n) is 12.5. The fraction of sp³-hybridized carbons (Fsp3) is 0.556. The molecule has 0 bridgehead atoms. The molecule has 1 unspecified atom stereocenters. The van der Waals surface area contributed by atoms with Crippen molar-refractivity contribution >= 4 is 35.4 Å². The van der Waals surface area contributed by atoms with Crippen LogP contribution in [0.2, 0.25) is 0 Å². The zero-order valence-corrected chi connectivity index (χ0v) is 20.6. The van der Waals surface area contributed by atoms with Gasteiger partial charge in [-0.1, -0.05) is 55.7 Å². The summed E-state index contributed by atoms with van der Waals surface area (Å²) in [7, 11) is 2.44. The van der Waals surface area contributed by atoms with Crippen molar-refractivity contribution in [3.8, 4) is 9.75 Å². The summed E-state index contributed by atoms with van der Waals surface area (Å²) >= 11 is 3.91. The average Bonchev–Trinajstić information content (AvgIpc) is 3.66. The Bertz CT molecular complexity index is 1010. The zero-order chi connectivity index (χ0) is 21.5. The number of ether oxygens (including phenoxy) is 2. The maximum Gasteiger partial charge on any atom is 0.188 e. The second-order valence-electron chi connectivity index (χ2n) is 9.92. The van der Waals surface area contributed by atoms with E-state index in [1.807, 2.05) is 22.7 Å². The van der Waals surface area contributed by atoms with Gasteiger partial charge in [0.1, 0.15) is 0 Å². The maximum absolute atomic E-state index is 5.96. The molecule has 6 rings (SSSR count). The molecule has 5 heteroatoms. The molecule has 2 aliphatic carbocycles. The summed E-state index contributed by atoms with van der Waals surface area (Å²) in [5.41, 5.74) is 4.08. The maximum atomic E-state index is 5.96. The molecule has 0 amide bonds. The van der Waals surface area contributed by atoms with Crippen molar-refractivity contribution in [2.75, 3.05) is 13.2 Å². The van der Waals surface area contributed by atoms with Crippen LogP contribution in [0.15, 0.2) is 35.8 Å². The van der Waals surface area contributed by atoms with Crippen LogP contribution in [0, 0.1) is 11.8 Å². The highest BCUT2D eigenvalue weighted by Gasteiger charge is 2.30. The van der Waals surface area contributed by atoms with Gasteiger partial charge >= 0.3 is 0 Å². The fourth-order valence-corrected chi connectivity index (χ4v) is 8.47. The number of hydrogen-bond donors (Lipinski definition) is 0. The molecule has 4 heterocycles. The van der Waals surface area contributed by atoms with Crippen molar-refractivity contribution in [2.24, 2.45) is 11.8 Å². The fourth-order valence-electron chi connectivity index (χ4n) is 5.99. The third-order valence-electron chi connectivity index (χ3n) is 7.94. The van der Waals surface area contributed by atoms with E-state index in [0.717, 1.165) is 11.8 Å². The molecule has 1 radical (unpaired) electrons. The first kappa shape index (κ1) is 21.4. The lowest BCUT2D eigenvalue weighted by Crippen LogP contribution is -2.13. The van der Waals surface area contributed by atoms with E-state index in [4.69, 9.17) is 9.47 Å². The van der Waals surface area contributed by atoms with Gasteiger partial charge in [-0.05, 0) is 61.6 Å². The zero-order valence-electron chi connectivity index (χ0n) is 19.0. The van der Waals surface area contributed by atoms with Crippen molar-refractivity contribution in [2.45, 2.75) is 70.5 Å². The van der Waals surface area contributed by atoms with E-state index < -0.39 is 0 Å². The SMILES string of the molecule is CC(C1=CC=C(c2cc(C3OCCO3)c(-c3ccc(C4CCCC4)s3)s2)[B]1)C1CCCC1. The molecule has 3 fully saturated rings. The second-order valence-corrected chi connectivity index (χ2v) is 12.1. The molecule has 1 saturated heterocycles. The van der Waals surface area contributed by atoms with Gasteiger partial charge in [0.25, 0.3) is 0 Å². The molecule has 4 aliphatic rings. The lowest BCUT2D eigenvalue weighted by atomic mass is 9.59. The minimum atomic E-state index is -0.223. The Balaban J connectivity index is 1.26. The van der Waals surface area contributed by atoms with Crippen molar-refractivity contribution < 1.29 is 9.47 Å². The van der Waals surface area contributed by atoms with Crippen LogP contribution in [0.4, 0.5) is 0 Å². The monoisotopic (exact) mass is 463 g/mol. The molecule has 167 valence electrons. The minimum absolute atomic E-state index is 0.223. The van der Waals surface area contributed by atoms with Crippen LogP contribution in [0.25, 0.3) is 15.2 Å². The van der Waals surface area contributed by atoms with E-state index in [-0.39, 0.29) is 6.29 Å². The Morgan fingerprint density at radius 2 is 1.66 bits per heavy atom. The van der Waals surface area contributed by atoms with Crippen molar-refractivity contribution in [3.63, 3.8) is 0 Å². The molecule has 0 spiro atoms. The Kier molecular flexibility index (Phi) is 6.19. The van der Waals surface area contributed by atoms with Crippen molar-refractivity contribution in [3.05, 3.63) is 51.1 Å². The molecule has 2 aromatic rings. The van der Waals surface area contributed by atoms with Gasteiger partial charge in [-0.15, -0.1) is 22.7 Å². The Morgan fingerprint density at radius 1 is 0.906 bits per heavy atom. The molecule has 1 atom stereocenters. The van der Waals surface area contributed by atoms with Crippen LogP contribution in [0.3, 0.4) is 0 Å². The van der Waals surface area contributed by atoms with Crippen LogP contribution >= 0.6 is 22.7 Å². The first-order chi connectivity index (χ1) is 15.8. The van der Waals surface area contributed by atoms with Gasteiger partial charge in [0.2, 0.25) is 0 Å². The van der Waals surface area contributed by atoms with Crippen LogP contribution in [-0.4, -0.2) is 20.5 Å². The number of hydrogen-bond acceptors (Lipinski definition) is 4. The summed E-state index contributed by atoms with van der Waals surface area (Å²) in [6.45, 7) is 3.80. The molecule has 0 N–H and O–H groups in total. The second kappa shape index (κ2) is 9.25. The predicted octanol–water partition coefficient (Wildman–Crippen LogP) is 7.95. The molecule has 2 aromatic heterocycles. The molecule has 32 heavy (non-hydrogen) atoms. The lowest BCUT2D eigenvalue weighted by Gasteiger charge is -2.20. The van der Waals surface area contributed by atoms with Crippen LogP contribution in [0.1, 0.15) is 85.8 Å². The Hall–Kier alpha value is -1.14. The topological polar surface area (TPSA) is 18.5 Å². The van der Waals surface area contributed by atoms with E-state index in [2.05, 4.69) is 44.6 Å². The standard InChI is InChI=1S/C27H32BO2S2/c1-17(18-6-2-3-7-18)21-10-11-22(28-21)25-16-20(27-29-14-15-30-27)26(32-25)24-13-12-23(31-24)19-8-4-5-9-19/h10-13,16-19,27H,2-9,14-15H2,1H3. The lowest BCUT2D eigenvalue weighted by molar-refractivity contribution is -0.0434. The summed E-state index contributed by atoms with van der Waals surface area (Å²) in [6.07, 6.45) is 15.6. The quantitative estimate of drug-likeness (QED) is 0.405. The van der Waals surface area contributed by atoms with E-state index in [0.29, 0.717) is 19.1 Å². The van der Waals surface area contributed by atoms with Gasteiger partial charge in [-0.25, -0.2) is 0 Å². The summed E-state index contributed by atoms with van der Waals surface area (Å²) in [5.74, 6) is 2.29. The highest BCUT2D eigenvalue weighted by molar-refractivity contribution is 7.23. The minimum Gasteiger partial charge on any atom is -0.346 e. The number of rotatable bonds is 6. The van der Waals surface area contributed by atoms with Gasteiger partial charge < -0.3 is 9.47 Å². The molecular weight excluding hydrogens is 431 g/mol. The van der Waals surface area contributed by atoms with Crippen LogP contribution in [0.5, 0.6) is 0 Å². The van der Waals surface area contributed by atoms with Crippen molar-refractivity contribution in [1.29, 1.82) is 0 Å². The van der Waals surface area contributed by atoms with Crippen molar-refractivity contribution in [1.82, 2.24) is 0 Å². The summed E-state index contributed by atoms with van der Waals surface area (Å²) in [5, 5.41) is 0. The van der Waals surface area contributed by atoms with Gasteiger partial charge in [0.15, 0.2) is 13.6 Å². The van der Waals surface area contributed by atoms with E-state index in [1.165, 1.54) is 82.5 Å². The average molecular weight is 463 g/mol. The van der Waals surface area contributed by atoms with Gasteiger partial charge in [0, 0.05) is 20.2 Å². The van der Waals surface area contributed by atoms with Gasteiger partial charge in [-0.2, -0.15) is 0 Å². The summed E-state index contributed by atoms with van der Waals surface area (Å²) in [4.78, 5) is 5.62. The predicted molar refractivity (Wildman–Crippen MR) is 136 cm³/mol. The Labute approximate surface area is 201 Å². The van der Waals surface area contributed by atoms with E-state index in [1.54, 1.807) is 4.88 Å². The molecular formula is C27H32BO2S2.